The molecule has 19 heavy (non-hydrogen) atoms. The van der Waals surface area contributed by atoms with Crippen LogP contribution >= 0.6 is 11.6 Å². The van der Waals surface area contributed by atoms with Crippen LogP contribution in [-0.4, -0.2) is 46.8 Å². The average Bonchev–Trinajstić information content (AvgIpc) is 2.40. The molecule has 0 aromatic heterocycles. The molecule has 0 aliphatic rings. The largest absolute Gasteiger partial charge is 0.489 e. The lowest BCUT2D eigenvalue weighted by atomic mass is 10.3. The Morgan fingerprint density at radius 2 is 1.63 bits per heavy atom. The number of benzene rings is 1. The summed E-state index contributed by atoms with van der Waals surface area (Å²) >= 11 is 5.85. The van der Waals surface area contributed by atoms with Crippen molar-refractivity contribution in [2.45, 2.75) is 0 Å². The van der Waals surface area contributed by atoms with Crippen LogP contribution in [0.15, 0.2) is 18.2 Å². The molecule has 2 N–H and O–H groups in total. The fraction of sp³-hybridized carbons (Fsp3) is 0.538. The molecule has 0 fully saturated rings. The molecule has 1 aromatic rings. The second-order valence-corrected chi connectivity index (χ2v) is 4.18. The molecule has 1 rings (SSSR count). The minimum Gasteiger partial charge on any atom is -0.489 e. The molecule has 0 radical (unpaired) electrons. The van der Waals surface area contributed by atoms with Crippen molar-refractivity contribution in [3.05, 3.63) is 23.2 Å². The number of halogens is 1. The molecule has 0 unspecified atom stereocenters. The van der Waals surface area contributed by atoms with Gasteiger partial charge in [-0.05, 0) is 12.1 Å². The minimum atomic E-state index is 0.419. The molecule has 0 aliphatic carbocycles. The maximum Gasteiger partial charge on any atom is 0.143 e. The van der Waals surface area contributed by atoms with Gasteiger partial charge in [0, 0.05) is 18.2 Å². The summed E-state index contributed by atoms with van der Waals surface area (Å²) in [5, 5.41) is 0.594. The third-order valence-electron chi connectivity index (χ3n) is 2.26. The minimum absolute atomic E-state index is 0.419. The molecule has 0 bridgehead atoms. The number of ether oxygens (including phenoxy) is 4. The molecule has 1 aromatic carbocycles. The van der Waals surface area contributed by atoms with Gasteiger partial charge in [-0.1, -0.05) is 11.6 Å². The normalized spacial score (nSPS) is 10.6. The van der Waals surface area contributed by atoms with Crippen LogP contribution in [-0.2, 0) is 14.2 Å². The smallest absolute Gasteiger partial charge is 0.143 e. The van der Waals surface area contributed by atoms with Gasteiger partial charge < -0.3 is 24.7 Å². The van der Waals surface area contributed by atoms with Gasteiger partial charge in [0.25, 0.3) is 0 Å². The topological polar surface area (TPSA) is 62.9 Å². The number of hydrogen-bond acceptors (Lipinski definition) is 5. The van der Waals surface area contributed by atoms with Gasteiger partial charge in [-0.15, -0.1) is 0 Å². The molecule has 0 saturated heterocycles. The molecule has 108 valence electrons. The molecule has 0 amide bonds. The van der Waals surface area contributed by atoms with Crippen LogP contribution in [0.1, 0.15) is 0 Å². The second kappa shape index (κ2) is 9.86. The molecule has 0 saturated carbocycles. The zero-order valence-corrected chi connectivity index (χ0v) is 11.8. The van der Waals surface area contributed by atoms with Crippen molar-refractivity contribution in [2.24, 2.45) is 0 Å². The lowest BCUT2D eigenvalue weighted by Gasteiger charge is -2.09. The Labute approximate surface area is 118 Å². The summed E-state index contributed by atoms with van der Waals surface area (Å²) in [6.07, 6.45) is 0. The highest BCUT2D eigenvalue weighted by Crippen LogP contribution is 2.25. The molecule has 5 nitrogen and oxygen atoms in total. The van der Waals surface area contributed by atoms with Crippen LogP contribution in [0.25, 0.3) is 0 Å². The van der Waals surface area contributed by atoms with Crippen LogP contribution in [0, 0.1) is 0 Å². The molecule has 0 aliphatic heterocycles. The summed E-state index contributed by atoms with van der Waals surface area (Å²) in [5.74, 6) is 0.576. The van der Waals surface area contributed by atoms with E-state index in [1.807, 2.05) is 0 Å². The third kappa shape index (κ3) is 7.22. The Kier molecular flexibility index (Phi) is 8.33. The number of hydrogen-bond donors (Lipinski definition) is 1. The fourth-order valence-electron chi connectivity index (χ4n) is 1.31. The van der Waals surface area contributed by atoms with Crippen molar-refractivity contribution >= 4 is 17.3 Å². The van der Waals surface area contributed by atoms with Gasteiger partial charge in [-0.3, -0.25) is 0 Å². The van der Waals surface area contributed by atoms with E-state index in [-0.39, 0.29) is 0 Å². The van der Waals surface area contributed by atoms with Crippen molar-refractivity contribution < 1.29 is 18.9 Å². The van der Waals surface area contributed by atoms with Crippen molar-refractivity contribution in [3.8, 4) is 5.75 Å². The van der Waals surface area contributed by atoms with E-state index in [1.54, 1.807) is 25.3 Å². The van der Waals surface area contributed by atoms with Crippen molar-refractivity contribution in [2.75, 3.05) is 52.5 Å². The highest BCUT2D eigenvalue weighted by Gasteiger charge is 2.01. The first-order valence-corrected chi connectivity index (χ1v) is 6.44. The fourth-order valence-corrected chi connectivity index (χ4v) is 1.47. The molecular weight excluding hydrogens is 270 g/mol. The van der Waals surface area contributed by atoms with Gasteiger partial charge in [-0.25, -0.2) is 0 Å². The van der Waals surface area contributed by atoms with Gasteiger partial charge in [0.2, 0.25) is 0 Å². The van der Waals surface area contributed by atoms with Gasteiger partial charge in [0.15, 0.2) is 0 Å². The van der Waals surface area contributed by atoms with Crippen molar-refractivity contribution in [1.29, 1.82) is 0 Å². The molecule has 6 heteroatoms. The Bertz CT molecular complexity index is 362. The summed E-state index contributed by atoms with van der Waals surface area (Å²) in [6, 6.07) is 5.12. The van der Waals surface area contributed by atoms with E-state index >= 15 is 0 Å². The van der Waals surface area contributed by atoms with Crippen LogP contribution in [0.2, 0.25) is 5.02 Å². The van der Waals surface area contributed by atoms with E-state index in [2.05, 4.69) is 0 Å². The Balaban J connectivity index is 2.03. The second-order valence-electron chi connectivity index (χ2n) is 3.75. The Morgan fingerprint density at radius 1 is 1.00 bits per heavy atom. The van der Waals surface area contributed by atoms with Gasteiger partial charge in [-0.2, -0.15) is 0 Å². The van der Waals surface area contributed by atoms with E-state index in [9.17, 15) is 0 Å². The number of rotatable bonds is 10. The first-order chi connectivity index (χ1) is 9.24. The maximum absolute atomic E-state index is 5.85. The first-order valence-electron chi connectivity index (χ1n) is 6.06. The predicted octanol–water partition coefficient (Wildman–Crippen LogP) is 1.98. The molecular formula is C13H20ClNO4. The lowest BCUT2D eigenvalue weighted by Crippen LogP contribution is -2.12. The van der Waals surface area contributed by atoms with Crippen molar-refractivity contribution in [1.82, 2.24) is 0 Å². The molecule has 0 atom stereocenters. The summed E-state index contributed by atoms with van der Waals surface area (Å²) in [7, 11) is 1.64. The quantitative estimate of drug-likeness (QED) is 0.527. The van der Waals surface area contributed by atoms with Crippen LogP contribution < -0.4 is 10.5 Å². The monoisotopic (exact) mass is 289 g/mol. The standard InChI is InChI=1S/C13H20ClNO4/c1-16-4-5-17-6-7-18-8-9-19-13-10-11(14)2-3-12(13)15/h2-3,10H,4-9,15H2,1H3. The zero-order valence-electron chi connectivity index (χ0n) is 11.1. The Hall–Kier alpha value is -1.01. The van der Waals surface area contributed by atoms with E-state index in [4.69, 9.17) is 36.3 Å². The number of methoxy groups -OCH3 is 1. The van der Waals surface area contributed by atoms with E-state index in [1.165, 1.54) is 0 Å². The number of nitrogen functional groups attached to an aromatic ring is 1. The summed E-state index contributed by atoms with van der Waals surface area (Å²) in [4.78, 5) is 0. The first kappa shape index (κ1) is 16.0. The highest BCUT2D eigenvalue weighted by molar-refractivity contribution is 6.30. The van der Waals surface area contributed by atoms with Crippen LogP contribution in [0.3, 0.4) is 0 Å². The van der Waals surface area contributed by atoms with Gasteiger partial charge in [0.05, 0.1) is 38.7 Å². The predicted molar refractivity (Wildman–Crippen MR) is 74.9 cm³/mol. The van der Waals surface area contributed by atoms with E-state index < -0.39 is 0 Å². The summed E-state index contributed by atoms with van der Waals surface area (Å²) < 4.78 is 20.9. The maximum atomic E-state index is 5.85. The SMILES string of the molecule is COCCOCCOCCOc1cc(Cl)ccc1N. The number of nitrogens with two attached hydrogens (primary N) is 1. The number of anilines is 1. The average molecular weight is 290 g/mol. The third-order valence-corrected chi connectivity index (χ3v) is 2.50. The summed E-state index contributed by atoms with van der Waals surface area (Å²) in [5.41, 5.74) is 6.30. The zero-order chi connectivity index (χ0) is 13.9. The summed E-state index contributed by atoms with van der Waals surface area (Å²) in [6.45, 7) is 3.13. The lowest BCUT2D eigenvalue weighted by molar-refractivity contribution is 0.0180. The van der Waals surface area contributed by atoms with Crippen LogP contribution in [0.4, 0.5) is 5.69 Å². The van der Waals surface area contributed by atoms with Crippen LogP contribution in [0.5, 0.6) is 5.75 Å². The highest BCUT2D eigenvalue weighted by atomic mass is 35.5. The Morgan fingerprint density at radius 3 is 2.32 bits per heavy atom. The van der Waals surface area contributed by atoms with Gasteiger partial charge >= 0.3 is 0 Å². The van der Waals surface area contributed by atoms with E-state index in [0.29, 0.717) is 56.1 Å². The molecule has 0 heterocycles. The van der Waals surface area contributed by atoms with E-state index in [0.717, 1.165) is 0 Å². The molecule has 0 spiro atoms. The van der Waals surface area contributed by atoms with Gasteiger partial charge in [0.1, 0.15) is 12.4 Å². The van der Waals surface area contributed by atoms with Crippen molar-refractivity contribution in [3.63, 3.8) is 0 Å².